The van der Waals surface area contributed by atoms with Crippen LogP contribution >= 0.6 is 0 Å². The van der Waals surface area contributed by atoms with Crippen LogP contribution in [0.1, 0.15) is 40.0 Å². The highest BCUT2D eigenvalue weighted by molar-refractivity contribution is 5.73. The highest BCUT2D eigenvalue weighted by atomic mass is 16.5. The van der Waals surface area contributed by atoms with Crippen molar-refractivity contribution < 1.29 is 9.53 Å². The van der Waals surface area contributed by atoms with Gasteiger partial charge in [0.2, 0.25) is 0 Å². The van der Waals surface area contributed by atoms with E-state index in [9.17, 15) is 4.79 Å². The van der Waals surface area contributed by atoms with Gasteiger partial charge in [-0.15, -0.1) is 0 Å². The zero-order chi connectivity index (χ0) is 9.14. The molecule has 0 saturated carbocycles. The van der Waals surface area contributed by atoms with E-state index in [-0.39, 0.29) is 18.0 Å². The summed E-state index contributed by atoms with van der Waals surface area (Å²) in [5.41, 5.74) is 0. The van der Waals surface area contributed by atoms with E-state index in [0.29, 0.717) is 5.92 Å². The van der Waals surface area contributed by atoms with Crippen molar-refractivity contribution in [1.29, 1.82) is 0 Å². The molecule has 12 heavy (non-hydrogen) atoms. The number of rotatable bonds is 1. The molecule has 0 aromatic heterocycles. The van der Waals surface area contributed by atoms with E-state index in [1.54, 1.807) is 0 Å². The van der Waals surface area contributed by atoms with Gasteiger partial charge in [0.05, 0.1) is 12.0 Å². The van der Waals surface area contributed by atoms with E-state index >= 15 is 0 Å². The first-order valence-electron chi connectivity index (χ1n) is 4.81. The monoisotopic (exact) mass is 170 g/mol. The maximum Gasteiger partial charge on any atom is 0.309 e. The second kappa shape index (κ2) is 3.92. The molecule has 0 aromatic rings. The van der Waals surface area contributed by atoms with E-state index in [0.717, 1.165) is 19.3 Å². The lowest BCUT2D eigenvalue weighted by Crippen LogP contribution is -2.22. The molecular formula is C10H18O2. The van der Waals surface area contributed by atoms with E-state index in [2.05, 4.69) is 13.8 Å². The third-order valence-corrected chi connectivity index (χ3v) is 2.55. The van der Waals surface area contributed by atoms with Gasteiger partial charge < -0.3 is 4.74 Å². The lowest BCUT2D eigenvalue weighted by molar-refractivity contribution is -0.153. The number of hydrogen-bond donors (Lipinski definition) is 0. The molecular weight excluding hydrogens is 152 g/mol. The molecule has 0 amide bonds. The average molecular weight is 170 g/mol. The molecule has 0 N–H and O–H groups in total. The second-order valence-electron chi connectivity index (χ2n) is 4.03. The first-order valence-corrected chi connectivity index (χ1v) is 4.81. The van der Waals surface area contributed by atoms with Crippen LogP contribution in [0.4, 0.5) is 0 Å². The lowest BCUT2D eigenvalue weighted by Gasteiger charge is -2.16. The Balaban J connectivity index is 2.58. The summed E-state index contributed by atoms with van der Waals surface area (Å²) >= 11 is 0. The minimum atomic E-state index is 0.00926. The van der Waals surface area contributed by atoms with E-state index in [1.807, 2.05) is 6.92 Å². The van der Waals surface area contributed by atoms with E-state index < -0.39 is 0 Å². The molecule has 1 aliphatic heterocycles. The van der Waals surface area contributed by atoms with Crippen molar-refractivity contribution in [1.82, 2.24) is 0 Å². The quantitative estimate of drug-likeness (QED) is 0.565. The normalized spacial score (nSPS) is 31.5. The number of carbonyl (C=O) groups is 1. The largest absolute Gasteiger partial charge is 0.462 e. The van der Waals surface area contributed by atoms with Crippen LogP contribution in [0, 0.1) is 11.8 Å². The van der Waals surface area contributed by atoms with Gasteiger partial charge in [0.1, 0.15) is 0 Å². The molecule has 1 heterocycles. The summed E-state index contributed by atoms with van der Waals surface area (Å²) in [5, 5.41) is 0. The standard InChI is InChI=1S/C10H18O2/c1-7(2)9-6-4-5-8(3)12-10(9)11/h7-9H,4-6H2,1-3H3. The molecule has 2 atom stereocenters. The molecule has 0 radical (unpaired) electrons. The fraction of sp³-hybridized carbons (Fsp3) is 0.900. The highest BCUT2D eigenvalue weighted by Crippen LogP contribution is 2.25. The number of ether oxygens (including phenoxy) is 1. The number of cyclic esters (lactones) is 1. The molecule has 70 valence electrons. The van der Waals surface area contributed by atoms with Gasteiger partial charge in [-0.2, -0.15) is 0 Å². The Bertz CT molecular complexity index is 163. The number of esters is 1. The fourth-order valence-corrected chi connectivity index (χ4v) is 1.69. The number of hydrogen-bond acceptors (Lipinski definition) is 2. The third kappa shape index (κ3) is 2.23. The van der Waals surface area contributed by atoms with Crippen LogP contribution in [-0.4, -0.2) is 12.1 Å². The second-order valence-corrected chi connectivity index (χ2v) is 4.03. The van der Waals surface area contributed by atoms with Crippen molar-refractivity contribution in [3.05, 3.63) is 0 Å². The topological polar surface area (TPSA) is 26.3 Å². The summed E-state index contributed by atoms with van der Waals surface area (Å²) in [5.74, 6) is 0.563. The summed E-state index contributed by atoms with van der Waals surface area (Å²) < 4.78 is 5.25. The zero-order valence-corrected chi connectivity index (χ0v) is 8.17. The summed E-state index contributed by atoms with van der Waals surface area (Å²) in [6, 6.07) is 0. The Morgan fingerprint density at radius 1 is 1.42 bits per heavy atom. The Morgan fingerprint density at radius 2 is 2.08 bits per heavy atom. The maximum absolute atomic E-state index is 11.4. The number of carbonyl (C=O) groups excluding carboxylic acids is 1. The maximum atomic E-state index is 11.4. The van der Waals surface area contributed by atoms with Gasteiger partial charge in [0.15, 0.2) is 0 Å². The summed E-state index contributed by atoms with van der Waals surface area (Å²) in [6.07, 6.45) is 3.27. The molecule has 1 saturated heterocycles. The smallest absolute Gasteiger partial charge is 0.309 e. The average Bonchev–Trinajstić information content (AvgIpc) is 2.10. The predicted molar refractivity (Wildman–Crippen MR) is 47.7 cm³/mol. The minimum Gasteiger partial charge on any atom is -0.462 e. The Hall–Kier alpha value is -0.530. The molecule has 1 fully saturated rings. The van der Waals surface area contributed by atoms with Crippen LogP contribution in [0.15, 0.2) is 0 Å². The molecule has 2 nitrogen and oxygen atoms in total. The van der Waals surface area contributed by atoms with Crippen molar-refractivity contribution >= 4 is 5.97 Å². The van der Waals surface area contributed by atoms with Crippen LogP contribution in [-0.2, 0) is 9.53 Å². The minimum absolute atomic E-state index is 0.00926. The molecule has 0 spiro atoms. The van der Waals surface area contributed by atoms with Crippen LogP contribution in [0.5, 0.6) is 0 Å². The first kappa shape index (κ1) is 9.56. The van der Waals surface area contributed by atoms with Crippen molar-refractivity contribution in [3.63, 3.8) is 0 Å². The third-order valence-electron chi connectivity index (χ3n) is 2.55. The molecule has 1 rings (SSSR count). The van der Waals surface area contributed by atoms with Crippen LogP contribution in [0.3, 0.4) is 0 Å². The van der Waals surface area contributed by atoms with Crippen molar-refractivity contribution in [3.8, 4) is 0 Å². The van der Waals surface area contributed by atoms with Gasteiger partial charge in [-0.3, -0.25) is 4.79 Å². The van der Waals surface area contributed by atoms with Gasteiger partial charge in [-0.25, -0.2) is 0 Å². The summed E-state index contributed by atoms with van der Waals surface area (Å²) in [4.78, 5) is 11.4. The SMILES string of the molecule is CC1CCCC(C(C)C)C(=O)O1. The van der Waals surface area contributed by atoms with E-state index in [1.165, 1.54) is 0 Å². The van der Waals surface area contributed by atoms with Crippen LogP contribution in [0.25, 0.3) is 0 Å². The molecule has 0 bridgehead atoms. The summed E-state index contributed by atoms with van der Waals surface area (Å²) in [6.45, 7) is 6.14. The van der Waals surface area contributed by atoms with Gasteiger partial charge in [-0.05, 0) is 32.1 Å². The van der Waals surface area contributed by atoms with Gasteiger partial charge in [-0.1, -0.05) is 13.8 Å². The van der Waals surface area contributed by atoms with Gasteiger partial charge in [0.25, 0.3) is 0 Å². The van der Waals surface area contributed by atoms with Crippen LogP contribution in [0.2, 0.25) is 0 Å². The van der Waals surface area contributed by atoms with Gasteiger partial charge in [0, 0.05) is 0 Å². The Morgan fingerprint density at radius 3 is 2.67 bits per heavy atom. The molecule has 2 heteroatoms. The van der Waals surface area contributed by atoms with Crippen molar-refractivity contribution in [2.45, 2.75) is 46.1 Å². The predicted octanol–water partition coefficient (Wildman–Crippen LogP) is 2.37. The van der Waals surface area contributed by atoms with Crippen LogP contribution < -0.4 is 0 Å². The Labute approximate surface area is 74.3 Å². The molecule has 2 unspecified atom stereocenters. The van der Waals surface area contributed by atoms with Crippen molar-refractivity contribution in [2.24, 2.45) is 11.8 Å². The highest BCUT2D eigenvalue weighted by Gasteiger charge is 2.27. The Kier molecular flexibility index (Phi) is 3.12. The fourth-order valence-electron chi connectivity index (χ4n) is 1.69. The molecule has 1 aliphatic rings. The van der Waals surface area contributed by atoms with E-state index in [4.69, 9.17) is 4.74 Å². The summed E-state index contributed by atoms with van der Waals surface area (Å²) in [7, 11) is 0. The molecule has 0 aromatic carbocycles. The lowest BCUT2D eigenvalue weighted by atomic mass is 9.91. The molecule has 0 aliphatic carbocycles. The zero-order valence-electron chi connectivity index (χ0n) is 8.17. The van der Waals surface area contributed by atoms with Crippen molar-refractivity contribution in [2.75, 3.05) is 0 Å². The van der Waals surface area contributed by atoms with Gasteiger partial charge >= 0.3 is 5.97 Å². The first-order chi connectivity index (χ1) is 5.61.